The summed E-state index contributed by atoms with van der Waals surface area (Å²) in [5.74, 6) is -1.29. The van der Waals surface area contributed by atoms with Crippen molar-refractivity contribution in [1.29, 1.82) is 0 Å². The van der Waals surface area contributed by atoms with Gasteiger partial charge in [0, 0.05) is 54.4 Å². The molecule has 7 nitrogen and oxygen atoms in total. The third-order valence-electron chi connectivity index (χ3n) is 8.23. The van der Waals surface area contributed by atoms with Crippen LogP contribution < -0.4 is 0 Å². The van der Waals surface area contributed by atoms with Crippen molar-refractivity contribution in [3.8, 4) is 11.1 Å². The first-order valence-electron chi connectivity index (χ1n) is 14.6. The van der Waals surface area contributed by atoms with E-state index < -0.39 is 5.97 Å². The van der Waals surface area contributed by atoms with E-state index >= 15 is 0 Å². The van der Waals surface area contributed by atoms with Gasteiger partial charge in [0.15, 0.2) is 0 Å². The Hall–Kier alpha value is -5.17. The maximum Gasteiger partial charge on any atom is 0.305 e. The first kappa shape index (κ1) is 28.0. The largest absolute Gasteiger partial charge is 0.481 e. The van der Waals surface area contributed by atoms with Crippen LogP contribution >= 0.6 is 0 Å². The van der Waals surface area contributed by atoms with Gasteiger partial charge in [0.2, 0.25) is 0 Å². The summed E-state index contributed by atoms with van der Waals surface area (Å²) in [4.78, 5) is 46.3. The molecule has 0 aliphatic carbocycles. The predicted molar refractivity (Wildman–Crippen MR) is 167 cm³/mol. The molecule has 0 radical (unpaired) electrons. The Bertz CT molecular complexity index is 1810. The molecule has 0 atom stereocenters. The van der Waals surface area contributed by atoms with Crippen molar-refractivity contribution in [2.24, 2.45) is 0 Å². The lowest BCUT2D eigenvalue weighted by Gasteiger charge is -2.30. The maximum atomic E-state index is 14.1. The molecule has 1 aliphatic heterocycles. The highest BCUT2D eigenvalue weighted by Gasteiger charge is 2.26. The molecule has 0 saturated carbocycles. The number of benzene rings is 4. The fourth-order valence-electron chi connectivity index (χ4n) is 5.96. The summed E-state index contributed by atoms with van der Waals surface area (Å²) in [5.41, 5.74) is 6.82. The quantitative estimate of drug-likeness (QED) is 0.221. The van der Waals surface area contributed by atoms with Gasteiger partial charge in [-0.3, -0.25) is 14.4 Å². The lowest BCUT2D eigenvalue weighted by atomic mass is 9.93. The average molecular weight is 572 g/mol. The monoisotopic (exact) mass is 571 g/mol. The van der Waals surface area contributed by atoms with Crippen LogP contribution in [0.25, 0.3) is 22.0 Å². The molecule has 43 heavy (non-hydrogen) atoms. The summed E-state index contributed by atoms with van der Waals surface area (Å²) in [5, 5.41) is 10.5. The van der Waals surface area contributed by atoms with E-state index in [0.29, 0.717) is 48.3 Å². The van der Waals surface area contributed by atoms with Gasteiger partial charge in [0.1, 0.15) is 0 Å². The third kappa shape index (κ3) is 5.93. The van der Waals surface area contributed by atoms with Crippen molar-refractivity contribution in [2.45, 2.75) is 25.8 Å². The van der Waals surface area contributed by atoms with Crippen LogP contribution in [-0.2, 0) is 24.2 Å². The van der Waals surface area contributed by atoms with Gasteiger partial charge in [-0.25, -0.2) is 0 Å². The Morgan fingerprint density at radius 1 is 0.767 bits per heavy atom. The number of carboxylic acids is 1. The van der Waals surface area contributed by atoms with Crippen LogP contribution in [0.1, 0.15) is 43.8 Å². The number of carbonyl (C=O) groups is 3. The second kappa shape index (κ2) is 12.4. The van der Waals surface area contributed by atoms with E-state index in [1.807, 2.05) is 83.9 Å². The molecule has 0 spiro atoms. The van der Waals surface area contributed by atoms with Crippen molar-refractivity contribution >= 4 is 28.7 Å². The number of carboxylic acid groups (broad SMARTS) is 1. The van der Waals surface area contributed by atoms with E-state index in [-0.39, 0.29) is 24.8 Å². The topological polar surface area (TPSA) is 93.7 Å². The molecule has 5 aromatic rings. The molecule has 0 bridgehead atoms. The third-order valence-corrected chi connectivity index (χ3v) is 8.23. The predicted octanol–water partition coefficient (Wildman–Crippen LogP) is 6.19. The summed E-state index contributed by atoms with van der Waals surface area (Å²) in [6, 6.07) is 30.9. The molecule has 6 rings (SSSR count). The van der Waals surface area contributed by atoms with E-state index in [1.54, 1.807) is 17.0 Å². The molecule has 0 fully saturated rings. The molecule has 7 heteroatoms. The minimum absolute atomic E-state index is 0.0746. The number of para-hydroxylation sites is 1. The van der Waals surface area contributed by atoms with E-state index in [1.165, 1.54) is 5.56 Å². The minimum Gasteiger partial charge on any atom is -0.481 e. The number of hydrogen-bond donors (Lipinski definition) is 2. The van der Waals surface area contributed by atoms with Crippen molar-refractivity contribution in [3.63, 3.8) is 0 Å². The van der Waals surface area contributed by atoms with Crippen molar-refractivity contribution in [2.75, 3.05) is 19.6 Å². The standard InChI is InChI=1S/C36H33N3O4/c40-34(41)19-22-38(20-18-26-23-37-33-16-8-7-11-28(26)33)35(42)31-14-5-3-12-29(31)30-13-4-6-15-32(30)36(43)39-21-17-25-9-1-2-10-27(25)24-39/h1-16,23,37H,17-22,24H2,(H,40,41). The van der Waals surface area contributed by atoms with E-state index in [2.05, 4.69) is 17.1 Å². The summed E-state index contributed by atoms with van der Waals surface area (Å²) in [6.45, 7) is 1.61. The fraction of sp³-hybridized carbons (Fsp3) is 0.194. The Morgan fingerprint density at radius 3 is 2.21 bits per heavy atom. The molecule has 1 aromatic heterocycles. The molecular formula is C36H33N3O4. The Kier molecular flexibility index (Phi) is 8.05. The number of nitrogens with one attached hydrogen (secondary N) is 1. The molecule has 0 saturated heterocycles. The van der Waals surface area contributed by atoms with Gasteiger partial charge in [0.25, 0.3) is 11.8 Å². The van der Waals surface area contributed by atoms with Gasteiger partial charge in [0.05, 0.1) is 6.42 Å². The zero-order valence-corrected chi connectivity index (χ0v) is 23.8. The van der Waals surface area contributed by atoms with Crippen molar-refractivity contribution in [1.82, 2.24) is 14.8 Å². The summed E-state index contributed by atoms with van der Waals surface area (Å²) in [6.07, 6.45) is 3.16. The summed E-state index contributed by atoms with van der Waals surface area (Å²) < 4.78 is 0. The molecule has 2 amide bonds. The fourth-order valence-corrected chi connectivity index (χ4v) is 5.96. The number of rotatable bonds is 9. The van der Waals surface area contributed by atoms with E-state index in [4.69, 9.17) is 0 Å². The van der Waals surface area contributed by atoms with Gasteiger partial charge >= 0.3 is 5.97 Å². The number of carbonyl (C=O) groups excluding carboxylic acids is 2. The zero-order chi connectivity index (χ0) is 29.8. The Labute approximate surface area is 250 Å². The van der Waals surface area contributed by atoms with Crippen molar-refractivity contribution in [3.05, 3.63) is 131 Å². The molecule has 1 aliphatic rings. The summed E-state index contributed by atoms with van der Waals surface area (Å²) >= 11 is 0. The highest BCUT2D eigenvalue weighted by molar-refractivity contribution is 6.06. The average Bonchev–Trinajstić information content (AvgIpc) is 3.47. The number of aliphatic carboxylic acids is 1. The van der Waals surface area contributed by atoms with Crippen LogP contribution in [0, 0.1) is 0 Å². The van der Waals surface area contributed by atoms with Gasteiger partial charge < -0.3 is 19.9 Å². The lowest BCUT2D eigenvalue weighted by molar-refractivity contribution is -0.137. The molecule has 4 aromatic carbocycles. The number of aromatic amines is 1. The number of nitrogens with zero attached hydrogens (tertiary/aromatic N) is 2. The number of fused-ring (bicyclic) bond motifs is 2. The molecule has 0 unspecified atom stereocenters. The van der Waals surface area contributed by atoms with Crippen LogP contribution in [0.4, 0.5) is 0 Å². The van der Waals surface area contributed by atoms with Crippen LogP contribution in [0.2, 0.25) is 0 Å². The second-order valence-corrected chi connectivity index (χ2v) is 10.9. The van der Waals surface area contributed by atoms with Crippen molar-refractivity contribution < 1.29 is 19.5 Å². The molecule has 216 valence electrons. The summed E-state index contributed by atoms with van der Waals surface area (Å²) in [7, 11) is 0. The molecule has 2 heterocycles. The van der Waals surface area contributed by atoms with Crippen LogP contribution in [-0.4, -0.2) is 57.3 Å². The number of H-pyrrole nitrogens is 1. The first-order valence-corrected chi connectivity index (χ1v) is 14.6. The van der Waals surface area contributed by atoms with Gasteiger partial charge in [-0.1, -0.05) is 78.9 Å². The van der Waals surface area contributed by atoms with Crippen LogP contribution in [0.3, 0.4) is 0 Å². The van der Waals surface area contributed by atoms with Gasteiger partial charge in [-0.05, 0) is 58.9 Å². The van der Waals surface area contributed by atoms with Gasteiger partial charge in [-0.2, -0.15) is 0 Å². The van der Waals surface area contributed by atoms with E-state index in [9.17, 15) is 19.5 Å². The normalized spacial score (nSPS) is 12.6. The molecule has 2 N–H and O–H groups in total. The number of aromatic nitrogens is 1. The Balaban J connectivity index is 1.29. The Morgan fingerprint density at radius 2 is 1.42 bits per heavy atom. The SMILES string of the molecule is O=C(O)CCN(CCc1c[nH]c2ccccc12)C(=O)c1ccccc1-c1ccccc1C(=O)N1CCc2ccccc2C1. The number of amides is 2. The highest BCUT2D eigenvalue weighted by atomic mass is 16.4. The minimum atomic E-state index is -0.961. The highest BCUT2D eigenvalue weighted by Crippen LogP contribution is 2.31. The maximum absolute atomic E-state index is 14.1. The number of hydrogen-bond acceptors (Lipinski definition) is 3. The second-order valence-electron chi connectivity index (χ2n) is 10.9. The lowest BCUT2D eigenvalue weighted by Crippen LogP contribution is -2.36. The van der Waals surface area contributed by atoms with E-state index in [0.717, 1.165) is 28.5 Å². The van der Waals surface area contributed by atoms with Gasteiger partial charge in [-0.15, -0.1) is 0 Å². The van der Waals surface area contributed by atoms with Crippen LogP contribution in [0.5, 0.6) is 0 Å². The smallest absolute Gasteiger partial charge is 0.305 e. The molecular weight excluding hydrogens is 538 g/mol. The van der Waals surface area contributed by atoms with Crippen LogP contribution in [0.15, 0.2) is 103 Å². The first-order chi connectivity index (χ1) is 21.0. The zero-order valence-electron chi connectivity index (χ0n) is 23.8.